The van der Waals surface area contributed by atoms with Gasteiger partial charge in [-0.3, -0.25) is 4.90 Å². The Kier molecular flexibility index (Phi) is 8.95. The summed E-state index contributed by atoms with van der Waals surface area (Å²) in [6, 6.07) is 23.6. The molecule has 0 amide bonds. The van der Waals surface area contributed by atoms with Crippen molar-refractivity contribution < 1.29 is 19.0 Å². The Morgan fingerprint density at radius 1 is 0.944 bits per heavy atom. The fourth-order valence-electron chi connectivity index (χ4n) is 4.07. The quantitative estimate of drug-likeness (QED) is 0.267. The number of aryl methyl sites for hydroxylation is 1. The molecule has 1 unspecified atom stereocenters. The van der Waals surface area contributed by atoms with E-state index in [0.717, 1.165) is 28.3 Å². The minimum absolute atomic E-state index is 0.277. The molecule has 1 atom stereocenters. The molecule has 36 heavy (non-hydrogen) atoms. The maximum atomic E-state index is 10.8. The molecule has 1 N–H and O–H groups in total. The van der Waals surface area contributed by atoms with Crippen LogP contribution < -0.4 is 4.74 Å². The number of nitrogens with zero attached hydrogens (tertiary/aromatic N) is 3. The van der Waals surface area contributed by atoms with Crippen LogP contribution in [0.5, 0.6) is 11.6 Å². The largest absolute Gasteiger partial charge is 0.468 e. The van der Waals surface area contributed by atoms with Crippen molar-refractivity contribution in [1.82, 2.24) is 14.7 Å². The zero-order valence-electron chi connectivity index (χ0n) is 21.2. The van der Waals surface area contributed by atoms with Crippen molar-refractivity contribution in [3.05, 3.63) is 90.4 Å². The van der Waals surface area contributed by atoms with Gasteiger partial charge in [0.25, 0.3) is 0 Å². The Balaban J connectivity index is 1.64. The number of hydrogen-bond donors (Lipinski definition) is 1. The fraction of sp³-hybridized carbons (Fsp3) is 0.345. The molecule has 0 aliphatic heterocycles. The first kappa shape index (κ1) is 25.7. The number of aromatic nitrogens is 2. The van der Waals surface area contributed by atoms with Crippen LogP contribution in [0.2, 0.25) is 0 Å². The van der Waals surface area contributed by atoms with E-state index in [1.54, 1.807) is 10.9 Å². The van der Waals surface area contributed by atoms with Crippen LogP contribution in [0.15, 0.2) is 83.5 Å². The second kappa shape index (κ2) is 12.5. The van der Waals surface area contributed by atoms with Gasteiger partial charge in [0, 0.05) is 32.3 Å². The molecular formula is C29H35N3O4. The van der Waals surface area contributed by atoms with Gasteiger partial charge in [-0.05, 0) is 30.2 Å². The highest BCUT2D eigenvalue weighted by Crippen LogP contribution is 2.34. The topological polar surface area (TPSA) is 72.9 Å². The van der Waals surface area contributed by atoms with Crippen LogP contribution in [0, 0.1) is 5.92 Å². The molecule has 0 spiro atoms. The molecule has 0 radical (unpaired) electrons. The monoisotopic (exact) mass is 489 g/mol. The molecule has 0 bridgehead atoms. The van der Waals surface area contributed by atoms with Gasteiger partial charge in [-0.25, -0.2) is 4.68 Å². The summed E-state index contributed by atoms with van der Waals surface area (Å²) in [4.78, 5) is 2.14. The lowest BCUT2D eigenvalue weighted by Crippen LogP contribution is -2.34. The van der Waals surface area contributed by atoms with Gasteiger partial charge in [0.2, 0.25) is 5.88 Å². The van der Waals surface area contributed by atoms with Gasteiger partial charge in [-0.2, -0.15) is 5.10 Å². The number of aliphatic hydroxyl groups excluding tert-OH is 1. The summed E-state index contributed by atoms with van der Waals surface area (Å²) in [5.74, 6) is 2.63. The van der Waals surface area contributed by atoms with Gasteiger partial charge in [0.15, 0.2) is 0 Å². The summed E-state index contributed by atoms with van der Waals surface area (Å²) >= 11 is 0. The third-order valence-corrected chi connectivity index (χ3v) is 5.66. The van der Waals surface area contributed by atoms with Gasteiger partial charge < -0.3 is 19.0 Å². The highest BCUT2D eigenvalue weighted by molar-refractivity contribution is 5.65. The summed E-state index contributed by atoms with van der Waals surface area (Å²) < 4.78 is 19.5. The Hall–Kier alpha value is -3.39. The number of hydrogen-bond acceptors (Lipinski definition) is 6. The van der Waals surface area contributed by atoms with Crippen LogP contribution >= 0.6 is 0 Å². The van der Waals surface area contributed by atoms with Crippen LogP contribution in [0.4, 0.5) is 0 Å². The summed E-state index contributed by atoms with van der Waals surface area (Å²) in [5.41, 5.74) is 2.79. The average Bonchev–Trinajstić information content (AvgIpc) is 3.48. The smallest absolute Gasteiger partial charge is 0.222 e. The Morgan fingerprint density at radius 3 is 2.33 bits per heavy atom. The molecule has 4 rings (SSSR count). The molecule has 2 aromatic heterocycles. The van der Waals surface area contributed by atoms with E-state index < -0.39 is 6.10 Å². The third kappa shape index (κ3) is 7.07. The number of rotatable bonds is 13. The molecular weight excluding hydrogens is 454 g/mol. The Labute approximate surface area is 212 Å². The first-order valence-electron chi connectivity index (χ1n) is 12.3. The first-order valence-corrected chi connectivity index (χ1v) is 12.3. The van der Waals surface area contributed by atoms with Gasteiger partial charge in [-0.15, -0.1) is 0 Å². The van der Waals surface area contributed by atoms with E-state index in [1.807, 2.05) is 79.8 Å². The van der Waals surface area contributed by atoms with Crippen molar-refractivity contribution in [2.24, 2.45) is 13.0 Å². The van der Waals surface area contributed by atoms with Crippen molar-refractivity contribution >= 4 is 0 Å². The molecule has 0 aliphatic rings. The lowest BCUT2D eigenvalue weighted by molar-refractivity contribution is 0.00453. The van der Waals surface area contributed by atoms with Crippen LogP contribution in [0.25, 0.3) is 11.3 Å². The molecule has 0 saturated heterocycles. The zero-order valence-corrected chi connectivity index (χ0v) is 21.2. The number of furan rings is 1. The average molecular weight is 490 g/mol. The van der Waals surface area contributed by atoms with E-state index >= 15 is 0 Å². The van der Waals surface area contributed by atoms with Crippen molar-refractivity contribution in [2.75, 3.05) is 19.8 Å². The minimum atomic E-state index is -0.644. The lowest BCUT2D eigenvalue weighted by Gasteiger charge is -2.25. The van der Waals surface area contributed by atoms with Crippen LogP contribution in [-0.4, -0.2) is 45.6 Å². The van der Waals surface area contributed by atoms with E-state index in [0.29, 0.717) is 38.0 Å². The third-order valence-electron chi connectivity index (χ3n) is 5.66. The normalized spacial score (nSPS) is 12.4. The van der Waals surface area contributed by atoms with E-state index in [1.165, 1.54) is 0 Å². The minimum Gasteiger partial charge on any atom is -0.468 e. The Morgan fingerprint density at radius 2 is 1.67 bits per heavy atom. The molecule has 2 aromatic carbocycles. The standard InChI is InChI=1S/C29H35N3O4/c1-22(2)20-34-21-24(33)17-32(18-26-15-10-16-35-26)19-27-28(23-11-6-4-7-12-23)30-31(3)29(27)36-25-13-8-5-9-14-25/h4-16,22,24,33H,17-21H2,1-3H3. The van der Waals surface area contributed by atoms with Gasteiger partial charge >= 0.3 is 0 Å². The second-order valence-corrected chi connectivity index (χ2v) is 9.37. The first-order chi connectivity index (χ1) is 17.5. The molecule has 4 aromatic rings. The Bertz CT molecular complexity index is 1170. The maximum Gasteiger partial charge on any atom is 0.222 e. The molecule has 7 heteroatoms. The molecule has 0 fully saturated rings. The van der Waals surface area contributed by atoms with Crippen molar-refractivity contribution in [1.29, 1.82) is 0 Å². The van der Waals surface area contributed by atoms with E-state index in [2.05, 4.69) is 18.7 Å². The fourth-order valence-corrected chi connectivity index (χ4v) is 4.07. The van der Waals surface area contributed by atoms with Crippen molar-refractivity contribution in [3.63, 3.8) is 0 Å². The molecule has 7 nitrogen and oxygen atoms in total. The van der Waals surface area contributed by atoms with E-state index in [9.17, 15) is 5.11 Å². The highest BCUT2D eigenvalue weighted by Gasteiger charge is 2.24. The maximum absolute atomic E-state index is 10.8. The lowest BCUT2D eigenvalue weighted by atomic mass is 10.1. The van der Waals surface area contributed by atoms with Crippen LogP contribution in [0.1, 0.15) is 25.2 Å². The van der Waals surface area contributed by atoms with E-state index in [4.69, 9.17) is 19.0 Å². The second-order valence-electron chi connectivity index (χ2n) is 9.37. The van der Waals surface area contributed by atoms with Gasteiger partial charge in [0.05, 0.1) is 31.1 Å². The van der Waals surface area contributed by atoms with Gasteiger partial charge in [-0.1, -0.05) is 62.4 Å². The number of para-hydroxylation sites is 1. The molecule has 0 saturated carbocycles. The van der Waals surface area contributed by atoms with Crippen LogP contribution in [0.3, 0.4) is 0 Å². The zero-order chi connectivity index (χ0) is 25.3. The number of ether oxygens (including phenoxy) is 2. The van der Waals surface area contributed by atoms with Crippen molar-refractivity contribution in [2.45, 2.75) is 33.0 Å². The predicted octanol–water partition coefficient (Wildman–Crippen LogP) is 5.51. The molecule has 0 aliphatic carbocycles. The molecule has 190 valence electrons. The predicted molar refractivity (Wildman–Crippen MR) is 140 cm³/mol. The summed E-state index contributed by atoms with van der Waals surface area (Å²) in [7, 11) is 1.89. The molecule has 2 heterocycles. The summed E-state index contributed by atoms with van der Waals surface area (Å²) in [6.45, 7) is 6.52. The van der Waals surface area contributed by atoms with Crippen molar-refractivity contribution in [3.8, 4) is 22.9 Å². The summed E-state index contributed by atoms with van der Waals surface area (Å²) in [6.07, 6.45) is 1.02. The van der Waals surface area contributed by atoms with Gasteiger partial charge in [0.1, 0.15) is 17.2 Å². The van der Waals surface area contributed by atoms with E-state index in [-0.39, 0.29) is 6.61 Å². The highest BCUT2D eigenvalue weighted by atomic mass is 16.5. The summed E-state index contributed by atoms with van der Waals surface area (Å²) in [5, 5.41) is 15.6. The number of benzene rings is 2. The van der Waals surface area contributed by atoms with Crippen LogP contribution in [-0.2, 0) is 24.9 Å². The number of aliphatic hydroxyl groups is 1. The SMILES string of the molecule is CC(C)COCC(O)CN(Cc1ccco1)Cc1c(-c2ccccc2)nn(C)c1Oc1ccccc1.